The molecule has 0 unspecified atom stereocenters. The fourth-order valence-corrected chi connectivity index (χ4v) is 4.41. The summed E-state index contributed by atoms with van der Waals surface area (Å²) in [5.41, 5.74) is 2.61. The third kappa shape index (κ3) is 11.9. The third-order valence-corrected chi connectivity index (χ3v) is 7.37. The zero-order valence-electron chi connectivity index (χ0n) is 30.8. The Hall–Kier alpha value is -7.19. The van der Waals surface area contributed by atoms with Crippen LogP contribution in [0.5, 0.6) is 28.7 Å². The van der Waals surface area contributed by atoms with Gasteiger partial charge in [-0.05, 0) is 92.6 Å². The molecular formula is C42H38O14. The van der Waals surface area contributed by atoms with Gasteiger partial charge in [-0.3, -0.25) is 0 Å². The van der Waals surface area contributed by atoms with Crippen LogP contribution in [0.15, 0.2) is 121 Å². The minimum absolute atomic E-state index is 0.00276. The highest BCUT2D eigenvalue weighted by Gasteiger charge is 2.17. The van der Waals surface area contributed by atoms with Gasteiger partial charge in [-0.15, -0.1) is 0 Å². The van der Waals surface area contributed by atoms with Crippen molar-refractivity contribution >= 4 is 29.8 Å². The summed E-state index contributed by atoms with van der Waals surface area (Å²) in [6, 6.07) is 21.8. The maximum absolute atomic E-state index is 13.1. The van der Waals surface area contributed by atoms with Gasteiger partial charge in [0.2, 0.25) is 20.4 Å². The van der Waals surface area contributed by atoms with Gasteiger partial charge in [0, 0.05) is 22.3 Å². The number of aliphatic hydroxyl groups is 1. The quantitative estimate of drug-likeness (QED) is 0.0374. The minimum Gasteiger partial charge on any atom is -0.457 e. The lowest BCUT2D eigenvalue weighted by Crippen LogP contribution is -2.14. The molecule has 0 bridgehead atoms. The van der Waals surface area contributed by atoms with Gasteiger partial charge in [-0.25, -0.2) is 24.0 Å². The number of ether oxygens (including phenoxy) is 8. The van der Waals surface area contributed by atoms with Crippen LogP contribution in [-0.4, -0.2) is 55.3 Å². The van der Waals surface area contributed by atoms with E-state index in [9.17, 15) is 29.1 Å². The lowest BCUT2D eigenvalue weighted by atomic mass is 10.1. The van der Waals surface area contributed by atoms with Crippen molar-refractivity contribution in [2.24, 2.45) is 0 Å². The van der Waals surface area contributed by atoms with E-state index in [-0.39, 0.29) is 62.2 Å². The molecule has 0 aromatic heterocycles. The van der Waals surface area contributed by atoms with Crippen LogP contribution in [0.3, 0.4) is 0 Å². The molecule has 0 atom stereocenters. The molecule has 4 aromatic rings. The summed E-state index contributed by atoms with van der Waals surface area (Å²) in [5, 5.41) is 9.77. The number of aliphatic hydroxyl groups excluding tert-OH is 1. The van der Waals surface area contributed by atoms with Crippen LogP contribution in [0.25, 0.3) is 11.1 Å². The van der Waals surface area contributed by atoms with E-state index >= 15 is 0 Å². The van der Waals surface area contributed by atoms with Gasteiger partial charge in [-0.2, -0.15) is 0 Å². The number of esters is 5. The zero-order valence-corrected chi connectivity index (χ0v) is 30.8. The minimum atomic E-state index is -0.731. The molecule has 0 saturated heterocycles. The van der Waals surface area contributed by atoms with Gasteiger partial charge < -0.3 is 43.0 Å². The molecule has 56 heavy (non-hydrogen) atoms. The predicted molar refractivity (Wildman–Crippen MR) is 200 cm³/mol. The van der Waals surface area contributed by atoms with E-state index in [0.717, 1.165) is 11.1 Å². The van der Waals surface area contributed by atoms with Crippen molar-refractivity contribution in [2.75, 3.05) is 20.4 Å². The van der Waals surface area contributed by atoms with E-state index in [1.807, 2.05) is 0 Å². The van der Waals surface area contributed by atoms with Gasteiger partial charge >= 0.3 is 29.8 Å². The topological polar surface area (TPSA) is 179 Å². The number of rotatable bonds is 18. The van der Waals surface area contributed by atoms with Crippen molar-refractivity contribution in [3.05, 3.63) is 138 Å². The molecule has 0 aliphatic heterocycles. The molecule has 0 heterocycles. The van der Waals surface area contributed by atoms with Crippen molar-refractivity contribution in [1.29, 1.82) is 0 Å². The Labute approximate surface area is 322 Å². The summed E-state index contributed by atoms with van der Waals surface area (Å²) >= 11 is 0. The van der Waals surface area contributed by atoms with Crippen molar-refractivity contribution in [3.8, 4) is 39.9 Å². The van der Waals surface area contributed by atoms with E-state index in [1.54, 1.807) is 48.5 Å². The molecule has 0 radical (unpaired) electrons. The normalized spacial score (nSPS) is 10.3. The Morgan fingerprint density at radius 1 is 0.500 bits per heavy atom. The fourth-order valence-electron chi connectivity index (χ4n) is 4.41. The number of benzene rings is 4. The first kappa shape index (κ1) is 41.6. The summed E-state index contributed by atoms with van der Waals surface area (Å²) < 4.78 is 42.3. The zero-order chi connectivity index (χ0) is 40.8. The predicted octanol–water partition coefficient (Wildman–Crippen LogP) is 6.65. The van der Waals surface area contributed by atoms with Gasteiger partial charge in [0.05, 0.1) is 17.7 Å². The Morgan fingerprint density at radius 2 is 0.875 bits per heavy atom. The van der Waals surface area contributed by atoms with Crippen LogP contribution < -0.4 is 23.7 Å². The number of carbonyl (C=O) groups is 5. The first-order valence-electron chi connectivity index (χ1n) is 16.6. The van der Waals surface area contributed by atoms with Crippen LogP contribution in [0.2, 0.25) is 0 Å². The molecule has 0 spiro atoms. The largest absolute Gasteiger partial charge is 0.457 e. The van der Waals surface area contributed by atoms with Gasteiger partial charge in [0.25, 0.3) is 0 Å². The first-order valence-corrected chi connectivity index (χ1v) is 16.6. The van der Waals surface area contributed by atoms with Crippen LogP contribution in [-0.2, 0) is 35.2 Å². The average molecular weight is 767 g/mol. The van der Waals surface area contributed by atoms with E-state index in [4.69, 9.17) is 37.9 Å². The molecule has 0 saturated carbocycles. The number of carbonyl (C=O) groups excluding carboxylic acids is 5. The standard InChI is InChI=1S/C42H38O14/c1-25(2)38(44)52-22-49-35-17-11-30(19-32(35)21-43)41(47)55-33-13-7-28(8-14-33)29-9-15-34(16-10-29)56-42(48)31-12-18-36(50-23-53-39(45)26(3)4)37(20-31)51-24-54-40(46)27(5)6/h7-20,43H,1,3,5,21-24H2,2,4,6H3. The van der Waals surface area contributed by atoms with Crippen molar-refractivity contribution < 1.29 is 67.0 Å². The molecule has 0 aliphatic carbocycles. The first-order chi connectivity index (χ1) is 26.7. The molecule has 14 nitrogen and oxygen atoms in total. The average Bonchev–Trinajstić information content (AvgIpc) is 3.18. The summed E-state index contributed by atoms with van der Waals surface area (Å²) in [4.78, 5) is 61.0. The molecular weight excluding hydrogens is 728 g/mol. The highest BCUT2D eigenvalue weighted by atomic mass is 16.7. The van der Waals surface area contributed by atoms with Crippen LogP contribution >= 0.6 is 0 Å². The van der Waals surface area contributed by atoms with Crippen LogP contribution in [0, 0.1) is 0 Å². The maximum atomic E-state index is 13.1. The van der Waals surface area contributed by atoms with Crippen molar-refractivity contribution in [1.82, 2.24) is 0 Å². The summed E-state index contributed by atoms with van der Waals surface area (Å²) in [6.45, 7) is 13.1. The molecule has 0 fully saturated rings. The SMILES string of the molecule is C=C(C)C(=O)OCOc1ccc(C(=O)Oc2ccc(-c3ccc(OC(=O)c4ccc(OCOC(=O)C(=C)C)c(OCOC(=O)C(=C)C)c4)cc3)cc2)cc1CO. The summed E-state index contributed by atoms with van der Waals surface area (Å²) in [6.07, 6.45) is 0. The molecule has 14 heteroatoms. The highest BCUT2D eigenvalue weighted by molar-refractivity contribution is 5.93. The number of hydrogen-bond donors (Lipinski definition) is 1. The maximum Gasteiger partial charge on any atom is 0.343 e. The van der Waals surface area contributed by atoms with Gasteiger partial charge in [0.15, 0.2) is 11.5 Å². The molecule has 290 valence electrons. The van der Waals surface area contributed by atoms with Crippen LogP contribution in [0.1, 0.15) is 47.1 Å². The highest BCUT2D eigenvalue weighted by Crippen LogP contribution is 2.30. The third-order valence-electron chi connectivity index (χ3n) is 7.37. The smallest absolute Gasteiger partial charge is 0.343 e. The molecule has 0 amide bonds. The monoisotopic (exact) mass is 766 g/mol. The van der Waals surface area contributed by atoms with E-state index in [2.05, 4.69) is 19.7 Å². The lowest BCUT2D eigenvalue weighted by Gasteiger charge is -2.14. The van der Waals surface area contributed by atoms with Crippen LogP contribution in [0.4, 0.5) is 0 Å². The molecule has 4 aromatic carbocycles. The molecule has 1 N–H and O–H groups in total. The Bertz CT molecular complexity index is 2130. The second kappa shape index (κ2) is 19.8. The summed E-state index contributed by atoms with van der Waals surface area (Å²) in [5.74, 6) is -2.56. The summed E-state index contributed by atoms with van der Waals surface area (Å²) in [7, 11) is 0. The Morgan fingerprint density at radius 3 is 1.29 bits per heavy atom. The number of hydrogen-bond acceptors (Lipinski definition) is 14. The van der Waals surface area contributed by atoms with E-state index < -0.39 is 56.8 Å². The van der Waals surface area contributed by atoms with Gasteiger partial charge in [-0.1, -0.05) is 44.0 Å². The van der Waals surface area contributed by atoms with Crippen molar-refractivity contribution in [2.45, 2.75) is 27.4 Å². The Balaban J connectivity index is 1.37. The van der Waals surface area contributed by atoms with E-state index in [1.165, 1.54) is 57.2 Å². The second-order valence-electron chi connectivity index (χ2n) is 11.9. The second-order valence-corrected chi connectivity index (χ2v) is 11.9. The fraction of sp³-hybridized carbons (Fsp3) is 0.167. The molecule has 4 rings (SSSR count). The van der Waals surface area contributed by atoms with Crippen molar-refractivity contribution in [3.63, 3.8) is 0 Å². The lowest BCUT2D eigenvalue weighted by molar-refractivity contribution is -0.147. The molecule has 0 aliphatic rings. The van der Waals surface area contributed by atoms with E-state index in [0.29, 0.717) is 0 Å². The van der Waals surface area contributed by atoms with Gasteiger partial charge in [0.1, 0.15) is 17.2 Å². The Kier molecular flexibility index (Phi) is 14.7.